The fourth-order valence-electron chi connectivity index (χ4n) is 3.41. The normalized spacial score (nSPS) is 14.2. The van der Waals surface area contributed by atoms with E-state index in [4.69, 9.17) is 20.3 Å². The number of ether oxygens (including phenoxy) is 2. The Bertz CT molecular complexity index is 1200. The van der Waals surface area contributed by atoms with Crippen molar-refractivity contribution in [3.05, 3.63) is 88.7 Å². The summed E-state index contributed by atoms with van der Waals surface area (Å²) < 4.78 is 25.6. The fourth-order valence-corrected chi connectivity index (χ4v) is 3.41. The lowest BCUT2D eigenvalue weighted by atomic mass is 9.98. The third-order valence-corrected chi connectivity index (χ3v) is 4.96. The Kier molecular flexibility index (Phi) is 5.76. The first kappa shape index (κ1) is 20.3. The average molecular weight is 417 g/mol. The number of carboxylic acids is 1. The van der Waals surface area contributed by atoms with Crippen LogP contribution in [0.1, 0.15) is 34.6 Å². The van der Waals surface area contributed by atoms with E-state index in [0.29, 0.717) is 34.9 Å². The molecule has 31 heavy (non-hydrogen) atoms. The summed E-state index contributed by atoms with van der Waals surface area (Å²) in [6.45, 7) is 0.352. The highest BCUT2D eigenvalue weighted by molar-refractivity contribution is 5.68. The van der Waals surface area contributed by atoms with Gasteiger partial charge in [-0.05, 0) is 42.5 Å². The van der Waals surface area contributed by atoms with Crippen molar-refractivity contribution in [1.82, 2.24) is 0 Å². The van der Waals surface area contributed by atoms with Gasteiger partial charge < -0.3 is 20.3 Å². The molecule has 5 nitrogen and oxygen atoms in total. The van der Waals surface area contributed by atoms with Gasteiger partial charge in [-0.1, -0.05) is 24.0 Å². The molecule has 1 aliphatic heterocycles. The zero-order valence-corrected chi connectivity index (χ0v) is 16.6. The Morgan fingerprint density at radius 1 is 1.13 bits per heavy atom. The summed E-state index contributed by atoms with van der Waals surface area (Å²) >= 11 is 0. The Labute approximate surface area is 179 Å². The molecule has 1 aliphatic rings. The molecule has 0 bridgehead atoms. The number of aliphatic carboxylic acids is 1. The van der Waals surface area contributed by atoms with Crippen LogP contribution in [-0.4, -0.2) is 17.7 Å². The largest absolute Gasteiger partial charge is 0.492 e. The van der Waals surface area contributed by atoms with Crippen molar-refractivity contribution in [3.63, 3.8) is 0 Å². The molecule has 0 saturated carbocycles. The maximum absolute atomic E-state index is 14.3. The van der Waals surface area contributed by atoms with Crippen molar-refractivity contribution in [2.45, 2.75) is 18.9 Å². The summed E-state index contributed by atoms with van der Waals surface area (Å²) in [6, 6.07) is 17.1. The van der Waals surface area contributed by atoms with Gasteiger partial charge in [0.15, 0.2) is 0 Å². The number of carboxylic acid groups (broad SMARTS) is 1. The van der Waals surface area contributed by atoms with E-state index in [0.717, 1.165) is 11.1 Å². The molecule has 3 aromatic rings. The Morgan fingerprint density at radius 3 is 2.71 bits per heavy atom. The molecular weight excluding hydrogens is 397 g/mol. The number of nitrogen functional groups attached to an aromatic ring is 1. The predicted molar refractivity (Wildman–Crippen MR) is 114 cm³/mol. The minimum atomic E-state index is -0.865. The van der Waals surface area contributed by atoms with Crippen LogP contribution in [0.5, 0.6) is 11.5 Å². The number of fused-ring (bicyclic) bond motifs is 1. The first-order valence-corrected chi connectivity index (χ1v) is 9.75. The molecule has 6 heteroatoms. The molecule has 3 aromatic carbocycles. The van der Waals surface area contributed by atoms with Crippen molar-refractivity contribution in [2.24, 2.45) is 0 Å². The van der Waals surface area contributed by atoms with Crippen molar-refractivity contribution in [1.29, 1.82) is 0 Å². The van der Waals surface area contributed by atoms with E-state index < -0.39 is 5.97 Å². The Balaban J connectivity index is 1.46. The first-order valence-electron chi connectivity index (χ1n) is 9.75. The van der Waals surface area contributed by atoms with E-state index in [9.17, 15) is 9.18 Å². The van der Waals surface area contributed by atoms with Crippen LogP contribution in [0.3, 0.4) is 0 Å². The van der Waals surface area contributed by atoms with E-state index >= 15 is 0 Å². The van der Waals surface area contributed by atoms with E-state index in [-0.39, 0.29) is 24.8 Å². The molecule has 156 valence electrons. The molecule has 4 rings (SSSR count). The second-order valence-corrected chi connectivity index (χ2v) is 7.28. The van der Waals surface area contributed by atoms with Crippen molar-refractivity contribution in [2.75, 3.05) is 12.3 Å². The zero-order valence-electron chi connectivity index (χ0n) is 16.6. The van der Waals surface area contributed by atoms with Gasteiger partial charge in [-0.3, -0.25) is 4.79 Å². The highest BCUT2D eigenvalue weighted by Gasteiger charge is 2.26. The Hall–Kier alpha value is -3.98. The van der Waals surface area contributed by atoms with Crippen molar-refractivity contribution in [3.8, 4) is 23.3 Å². The molecule has 1 unspecified atom stereocenters. The molecule has 0 fully saturated rings. The van der Waals surface area contributed by atoms with Gasteiger partial charge in [-0.15, -0.1) is 0 Å². The minimum Gasteiger partial charge on any atom is -0.492 e. The monoisotopic (exact) mass is 417 g/mol. The van der Waals surface area contributed by atoms with Crippen LogP contribution < -0.4 is 15.2 Å². The number of rotatable bonds is 5. The number of benzene rings is 3. The summed E-state index contributed by atoms with van der Waals surface area (Å²) in [7, 11) is 0. The quantitative estimate of drug-likeness (QED) is 0.477. The van der Waals surface area contributed by atoms with Crippen LogP contribution in [0.25, 0.3) is 0 Å². The summed E-state index contributed by atoms with van der Waals surface area (Å²) in [5, 5.41) is 9.00. The maximum atomic E-state index is 14.3. The third kappa shape index (κ3) is 4.96. The van der Waals surface area contributed by atoms with E-state index in [1.54, 1.807) is 42.5 Å². The third-order valence-electron chi connectivity index (χ3n) is 4.96. The topological polar surface area (TPSA) is 81.8 Å². The smallest absolute Gasteiger partial charge is 0.304 e. The van der Waals surface area contributed by atoms with Crippen LogP contribution in [0.15, 0.2) is 60.7 Å². The van der Waals surface area contributed by atoms with Gasteiger partial charge >= 0.3 is 5.97 Å². The standard InChI is InChI=1S/C25H20FNO4/c26-23-9-6-17(5-4-16-2-1-3-20(27)11-16)10-19(23)15-30-21-7-8-22-18(12-25(28)29)14-31-24(22)13-21/h1-3,6-11,13,18H,12,14-15,27H2,(H,28,29). The number of nitrogens with two attached hydrogens (primary N) is 1. The second-order valence-electron chi connectivity index (χ2n) is 7.28. The summed E-state index contributed by atoms with van der Waals surface area (Å²) in [4.78, 5) is 11.0. The molecule has 0 radical (unpaired) electrons. The molecule has 3 N–H and O–H groups in total. The SMILES string of the molecule is Nc1cccc(C#Cc2ccc(F)c(COc3ccc4c(c3)OCC4CC(=O)O)c2)c1. The number of carbonyl (C=O) groups is 1. The van der Waals surface area contributed by atoms with Gasteiger partial charge in [-0.25, -0.2) is 4.39 Å². The van der Waals surface area contributed by atoms with Gasteiger partial charge in [0.2, 0.25) is 0 Å². The summed E-state index contributed by atoms with van der Waals surface area (Å²) in [6.07, 6.45) is 0.0157. The predicted octanol–water partition coefficient (Wildman–Crippen LogP) is 4.34. The minimum absolute atomic E-state index is 0.0157. The lowest BCUT2D eigenvalue weighted by molar-refractivity contribution is -0.137. The Morgan fingerprint density at radius 2 is 1.94 bits per heavy atom. The molecular formula is C25H20FNO4. The molecule has 0 amide bonds. The lowest BCUT2D eigenvalue weighted by Gasteiger charge is -2.10. The van der Waals surface area contributed by atoms with Crippen LogP contribution in [0, 0.1) is 17.7 Å². The van der Waals surface area contributed by atoms with Crippen LogP contribution in [0.4, 0.5) is 10.1 Å². The highest BCUT2D eigenvalue weighted by atomic mass is 19.1. The van der Waals surface area contributed by atoms with E-state index in [1.165, 1.54) is 6.07 Å². The molecule has 0 saturated heterocycles. The van der Waals surface area contributed by atoms with Crippen LogP contribution >= 0.6 is 0 Å². The first-order chi connectivity index (χ1) is 15.0. The maximum Gasteiger partial charge on any atom is 0.304 e. The molecule has 0 aromatic heterocycles. The van der Waals surface area contributed by atoms with E-state index in [2.05, 4.69) is 11.8 Å². The number of hydrogen-bond donors (Lipinski definition) is 2. The van der Waals surface area contributed by atoms with Crippen LogP contribution in [0.2, 0.25) is 0 Å². The van der Waals surface area contributed by atoms with Crippen molar-refractivity contribution < 1.29 is 23.8 Å². The summed E-state index contributed by atoms with van der Waals surface area (Å²) in [5.74, 6) is 5.73. The van der Waals surface area contributed by atoms with Gasteiger partial charge in [0.1, 0.15) is 23.9 Å². The fraction of sp³-hybridized carbons (Fsp3) is 0.160. The van der Waals surface area contributed by atoms with Gasteiger partial charge in [-0.2, -0.15) is 0 Å². The van der Waals surface area contributed by atoms with Crippen LogP contribution in [-0.2, 0) is 11.4 Å². The second kappa shape index (κ2) is 8.80. The van der Waals surface area contributed by atoms with E-state index in [1.807, 2.05) is 12.1 Å². The molecule has 1 heterocycles. The van der Waals surface area contributed by atoms with Gasteiger partial charge in [0, 0.05) is 39.9 Å². The number of halogens is 1. The number of anilines is 1. The van der Waals surface area contributed by atoms with Crippen molar-refractivity contribution >= 4 is 11.7 Å². The average Bonchev–Trinajstić information content (AvgIpc) is 3.13. The molecule has 1 atom stereocenters. The molecule has 0 aliphatic carbocycles. The van der Waals surface area contributed by atoms with Gasteiger partial charge in [0.25, 0.3) is 0 Å². The molecule has 0 spiro atoms. The lowest BCUT2D eigenvalue weighted by Crippen LogP contribution is -2.07. The number of hydrogen-bond acceptors (Lipinski definition) is 4. The highest BCUT2D eigenvalue weighted by Crippen LogP contribution is 2.38. The zero-order chi connectivity index (χ0) is 21.8. The van der Waals surface area contributed by atoms with Gasteiger partial charge in [0.05, 0.1) is 13.0 Å². The summed E-state index contributed by atoms with van der Waals surface area (Å²) in [5.41, 5.74) is 9.06.